The van der Waals surface area contributed by atoms with Gasteiger partial charge in [-0.05, 0) is 31.7 Å². The number of carbonyl (C=O) groups excluding carboxylic acids is 1. The van der Waals surface area contributed by atoms with Crippen LogP contribution in [-0.2, 0) is 4.74 Å². The van der Waals surface area contributed by atoms with E-state index in [9.17, 15) is 4.79 Å². The number of esters is 1. The minimum absolute atomic E-state index is 0.274. The molecule has 1 heterocycles. The molecule has 0 N–H and O–H groups in total. The third-order valence-corrected chi connectivity index (χ3v) is 3.76. The van der Waals surface area contributed by atoms with Gasteiger partial charge in [0.1, 0.15) is 0 Å². The lowest BCUT2D eigenvalue weighted by Crippen LogP contribution is -2.51. The van der Waals surface area contributed by atoms with Crippen molar-refractivity contribution in [2.75, 3.05) is 38.7 Å². The van der Waals surface area contributed by atoms with E-state index in [1.54, 1.807) is 6.07 Å². The van der Waals surface area contributed by atoms with Gasteiger partial charge in [0.2, 0.25) is 0 Å². The van der Waals surface area contributed by atoms with E-state index in [0.29, 0.717) is 11.6 Å². The molecule has 1 aliphatic rings. The summed E-state index contributed by atoms with van der Waals surface area (Å²) in [6.07, 6.45) is 1.10. The molecule has 1 aromatic carbocycles. The summed E-state index contributed by atoms with van der Waals surface area (Å²) >= 11 is 0. The van der Waals surface area contributed by atoms with Crippen molar-refractivity contribution in [1.29, 1.82) is 0 Å². The number of carbonyl (C=O) groups is 1. The van der Waals surface area contributed by atoms with Crippen LogP contribution in [0.15, 0.2) is 24.3 Å². The Bertz CT molecular complexity index is 448. The molecule has 1 unspecified atom stereocenters. The molecular weight excluding hydrogens is 240 g/mol. The van der Waals surface area contributed by atoms with Crippen molar-refractivity contribution in [2.24, 2.45) is 0 Å². The summed E-state index contributed by atoms with van der Waals surface area (Å²) < 4.78 is 4.78. The van der Waals surface area contributed by atoms with E-state index in [1.165, 1.54) is 7.11 Å². The van der Waals surface area contributed by atoms with Crippen LogP contribution in [0, 0.1) is 0 Å². The molecule has 1 atom stereocenters. The Morgan fingerprint density at radius 1 is 1.42 bits per heavy atom. The molecule has 19 heavy (non-hydrogen) atoms. The topological polar surface area (TPSA) is 32.8 Å². The number of anilines is 1. The molecule has 0 amide bonds. The predicted molar refractivity (Wildman–Crippen MR) is 76.7 cm³/mol. The zero-order chi connectivity index (χ0) is 13.8. The molecule has 1 saturated heterocycles. The van der Waals surface area contributed by atoms with Crippen LogP contribution < -0.4 is 4.90 Å². The summed E-state index contributed by atoms with van der Waals surface area (Å²) in [5.74, 6) is -0.274. The molecule has 2 rings (SSSR count). The summed E-state index contributed by atoms with van der Waals surface area (Å²) in [4.78, 5) is 16.4. The fourth-order valence-electron chi connectivity index (χ4n) is 2.63. The van der Waals surface area contributed by atoms with Crippen LogP contribution in [0.1, 0.15) is 23.7 Å². The second-order valence-corrected chi connectivity index (χ2v) is 5.06. The normalized spacial score (nSPS) is 20.4. The summed E-state index contributed by atoms with van der Waals surface area (Å²) in [5.41, 5.74) is 1.73. The molecule has 0 bridgehead atoms. The van der Waals surface area contributed by atoms with E-state index in [1.807, 2.05) is 12.1 Å². The zero-order valence-electron chi connectivity index (χ0n) is 11.9. The van der Waals surface area contributed by atoms with Crippen molar-refractivity contribution >= 4 is 11.7 Å². The first-order valence-electron chi connectivity index (χ1n) is 6.79. The molecule has 1 aliphatic heterocycles. The minimum atomic E-state index is -0.274. The fourth-order valence-corrected chi connectivity index (χ4v) is 2.63. The first-order valence-corrected chi connectivity index (χ1v) is 6.79. The molecular formula is C15H22N2O2. The Hall–Kier alpha value is -1.55. The first kappa shape index (κ1) is 13.9. The molecule has 0 spiro atoms. The van der Waals surface area contributed by atoms with Gasteiger partial charge in [0, 0.05) is 31.4 Å². The van der Waals surface area contributed by atoms with Crippen LogP contribution in [0.5, 0.6) is 0 Å². The lowest BCUT2D eigenvalue weighted by Gasteiger charge is -2.41. The number of hydrogen-bond acceptors (Lipinski definition) is 4. The second kappa shape index (κ2) is 6.06. The Morgan fingerprint density at radius 3 is 2.89 bits per heavy atom. The highest BCUT2D eigenvalue weighted by atomic mass is 16.5. The van der Waals surface area contributed by atoms with Gasteiger partial charge in [-0.25, -0.2) is 4.79 Å². The fraction of sp³-hybridized carbons (Fsp3) is 0.533. The van der Waals surface area contributed by atoms with Gasteiger partial charge in [-0.2, -0.15) is 0 Å². The van der Waals surface area contributed by atoms with E-state index in [-0.39, 0.29) is 5.97 Å². The first-order chi connectivity index (χ1) is 9.15. The van der Waals surface area contributed by atoms with Crippen LogP contribution in [0.25, 0.3) is 0 Å². The summed E-state index contributed by atoms with van der Waals surface area (Å²) in [6.45, 7) is 5.33. The van der Waals surface area contributed by atoms with Gasteiger partial charge in [-0.1, -0.05) is 13.0 Å². The average molecular weight is 262 g/mol. The van der Waals surface area contributed by atoms with Crippen molar-refractivity contribution in [3.63, 3.8) is 0 Å². The third kappa shape index (κ3) is 3.07. The molecule has 0 aliphatic carbocycles. The van der Waals surface area contributed by atoms with E-state index in [0.717, 1.165) is 31.7 Å². The van der Waals surface area contributed by atoms with Crippen molar-refractivity contribution in [1.82, 2.24) is 4.90 Å². The number of hydrogen-bond donors (Lipinski definition) is 0. The Balaban J connectivity index is 2.23. The van der Waals surface area contributed by atoms with Gasteiger partial charge in [0.25, 0.3) is 0 Å². The minimum Gasteiger partial charge on any atom is -0.465 e. The second-order valence-electron chi connectivity index (χ2n) is 5.06. The Morgan fingerprint density at radius 2 is 2.21 bits per heavy atom. The van der Waals surface area contributed by atoms with Crippen molar-refractivity contribution in [3.8, 4) is 0 Å². The highest BCUT2D eigenvalue weighted by molar-refractivity contribution is 5.90. The number of likely N-dealkylation sites (N-methyl/N-ethyl adjacent to an activating group) is 1. The van der Waals surface area contributed by atoms with Gasteiger partial charge >= 0.3 is 5.97 Å². The largest absolute Gasteiger partial charge is 0.465 e. The smallest absolute Gasteiger partial charge is 0.337 e. The highest BCUT2D eigenvalue weighted by Gasteiger charge is 2.24. The standard InChI is InChI=1S/C15H22N2O2/c1-4-13-11-16(2)8-9-17(13)14-7-5-6-12(10-14)15(18)19-3/h5-7,10,13H,4,8-9,11H2,1-3H3. The van der Waals surface area contributed by atoms with Gasteiger partial charge in [0.05, 0.1) is 12.7 Å². The van der Waals surface area contributed by atoms with E-state index >= 15 is 0 Å². The van der Waals surface area contributed by atoms with Gasteiger partial charge in [0.15, 0.2) is 0 Å². The molecule has 4 nitrogen and oxygen atoms in total. The summed E-state index contributed by atoms with van der Waals surface area (Å²) in [5, 5.41) is 0. The van der Waals surface area contributed by atoms with Crippen LogP contribution in [-0.4, -0.2) is 50.7 Å². The monoisotopic (exact) mass is 262 g/mol. The molecule has 1 aromatic rings. The van der Waals surface area contributed by atoms with Crippen molar-refractivity contribution in [3.05, 3.63) is 29.8 Å². The van der Waals surface area contributed by atoms with Gasteiger partial charge < -0.3 is 14.5 Å². The highest BCUT2D eigenvalue weighted by Crippen LogP contribution is 2.23. The van der Waals surface area contributed by atoms with Crippen molar-refractivity contribution in [2.45, 2.75) is 19.4 Å². The Kier molecular flexibility index (Phi) is 4.43. The molecule has 104 valence electrons. The average Bonchev–Trinajstić information content (AvgIpc) is 2.46. The SMILES string of the molecule is CCC1CN(C)CCN1c1cccc(C(=O)OC)c1. The van der Waals surface area contributed by atoms with Crippen LogP contribution in [0.3, 0.4) is 0 Å². The maximum absolute atomic E-state index is 11.6. The van der Waals surface area contributed by atoms with E-state index in [2.05, 4.69) is 29.8 Å². The van der Waals surface area contributed by atoms with Gasteiger partial charge in [-0.3, -0.25) is 0 Å². The predicted octanol–water partition coefficient (Wildman–Crippen LogP) is 2.00. The van der Waals surface area contributed by atoms with Crippen molar-refractivity contribution < 1.29 is 9.53 Å². The third-order valence-electron chi connectivity index (χ3n) is 3.76. The van der Waals surface area contributed by atoms with Crippen LogP contribution >= 0.6 is 0 Å². The molecule has 0 radical (unpaired) electrons. The number of methoxy groups -OCH3 is 1. The number of nitrogens with zero attached hydrogens (tertiary/aromatic N) is 2. The zero-order valence-corrected chi connectivity index (χ0v) is 11.9. The molecule has 0 aromatic heterocycles. The maximum Gasteiger partial charge on any atom is 0.337 e. The van der Waals surface area contributed by atoms with Crippen LogP contribution in [0.4, 0.5) is 5.69 Å². The van der Waals surface area contributed by atoms with Gasteiger partial charge in [-0.15, -0.1) is 0 Å². The Labute approximate surface area is 115 Å². The lowest BCUT2D eigenvalue weighted by molar-refractivity contribution is 0.0600. The number of benzene rings is 1. The molecule has 1 fully saturated rings. The molecule has 0 saturated carbocycles. The lowest BCUT2D eigenvalue weighted by atomic mass is 10.1. The van der Waals surface area contributed by atoms with E-state index in [4.69, 9.17) is 4.74 Å². The number of piperazine rings is 1. The number of ether oxygens (including phenoxy) is 1. The number of rotatable bonds is 3. The summed E-state index contributed by atoms with van der Waals surface area (Å²) in [7, 11) is 3.57. The summed E-state index contributed by atoms with van der Waals surface area (Å²) in [6, 6.07) is 8.23. The molecule has 4 heteroatoms. The van der Waals surface area contributed by atoms with E-state index < -0.39 is 0 Å². The van der Waals surface area contributed by atoms with Crippen LogP contribution in [0.2, 0.25) is 0 Å². The quantitative estimate of drug-likeness (QED) is 0.780. The maximum atomic E-state index is 11.6.